The van der Waals surface area contributed by atoms with Crippen LogP contribution in [-0.2, 0) is 6.54 Å². The second-order valence-electron chi connectivity index (χ2n) is 6.49. The predicted molar refractivity (Wildman–Crippen MR) is 111 cm³/mol. The summed E-state index contributed by atoms with van der Waals surface area (Å²) in [5.74, 6) is 0.569. The number of nitrogen functional groups attached to an aromatic ring is 1. The van der Waals surface area contributed by atoms with Gasteiger partial charge in [0.1, 0.15) is 5.76 Å². The zero-order valence-corrected chi connectivity index (χ0v) is 16.3. The van der Waals surface area contributed by atoms with Gasteiger partial charge in [-0.25, -0.2) is 9.97 Å². The average molecular weight is 408 g/mol. The zero-order valence-electron chi connectivity index (χ0n) is 15.6. The molecule has 0 saturated carbocycles. The molecule has 0 unspecified atom stereocenters. The number of rotatable bonds is 5. The number of amides is 1. The Morgan fingerprint density at radius 1 is 1.28 bits per heavy atom. The predicted octanol–water partition coefficient (Wildman–Crippen LogP) is 4.21. The van der Waals surface area contributed by atoms with Crippen LogP contribution in [0, 0.1) is 6.92 Å². The van der Waals surface area contributed by atoms with Crippen molar-refractivity contribution in [3.63, 3.8) is 0 Å². The van der Waals surface area contributed by atoms with E-state index in [0.29, 0.717) is 33.4 Å². The van der Waals surface area contributed by atoms with Crippen LogP contribution in [0.4, 0.5) is 5.95 Å². The van der Waals surface area contributed by atoms with Gasteiger partial charge in [-0.2, -0.15) is 0 Å². The molecule has 4 N–H and O–H groups in total. The van der Waals surface area contributed by atoms with Gasteiger partial charge < -0.3 is 20.5 Å². The number of aromatic amines is 1. The molecule has 3 aromatic heterocycles. The molecule has 0 spiro atoms. The molecular formula is C21H18ClN5O2. The SMILES string of the molecule is Cc1ccc(Cl)cc1-c1[nH]c(-c2ccnc(N)n2)cc1C(=O)NCc1ccco1. The van der Waals surface area contributed by atoms with E-state index < -0.39 is 0 Å². The number of hydrogen-bond acceptors (Lipinski definition) is 5. The van der Waals surface area contributed by atoms with Crippen LogP contribution in [0.15, 0.2) is 59.3 Å². The fourth-order valence-corrected chi connectivity index (χ4v) is 3.22. The Hall–Kier alpha value is -3.58. The van der Waals surface area contributed by atoms with Crippen molar-refractivity contribution < 1.29 is 9.21 Å². The normalized spacial score (nSPS) is 10.8. The van der Waals surface area contributed by atoms with E-state index in [4.69, 9.17) is 21.8 Å². The topological polar surface area (TPSA) is 110 Å². The lowest BCUT2D eigenvalue weighted by Crippen LogP contribution is -2.22. The van der Waals surface area contributed by atoms with Gasteiger partial charge in [-0.05, 0) is 48.9 Å². The Morgan fingerprint density at radius 2 is 2.14 bits per heavy atom. The summed E-state index contributed by atoms with van der Waals surface area (Å²) in [6.45, 7) is 2.24. The lowest BCUT2D eigenvalue weighted by Gasteiger charge is -2.08. The summed E-state index contributed by atoms with van der Waals surface area (Å²) in [7, 11) is 0. The van der Waals surface area contributed by atoms with Gasteiger partial charge in [0.05, 0.1) is 35.5 Å². The maximum absolute atomic E-state index is 13.0. The van der Waals surface area contributed by atoms with Crippen LogP contribution in [0.1, 0.15) is 21.7 Å². The number of furan rings is 1. The summed E-state index contributed by atoms with van der Waals surface area (Å²) in [5, 5.41) is 3.46. The highest BCUT2D eigenvalue weighted by atomic mass is 35.5. The van der Waals surface area contributed by atoms with E-state index in [1.807, 2.05) is 25.1 Å². The van der Waals surface area contributed by atoms with Crippen molar-refractivity contribution in [2.24, 2.45) is 0 Å². The fourth-order valence-electron chi connectivity index (χ4n) is 3.05. The Bertz CT molecular complexity index is 1170. The highest BCUT2D eigenvalue weighted by molar-refractivity contribution is 6.31. The minimum Gasteiger partial charge on any atom is -0.467 e. The Labute approximate surface area is 171 Å². The number of aromatic nitrogens is 3. The number of hydrogen-bond donors (Lipinski definition) is 3. The van der Waals surface area contributed by atoms with Crippen LogP contribution < -0.4 is 11.1 Å². The fraction of sp³-hybridized carbons (Fsp3) is 0.0952. The minimum absolute atomic E-state index is 0.154. The van der Waals surface area contributed by atoms with E-state index in [-0.39, 0.29) is 18.4 Å². The molecule has 29 heavy (non-hydrogen) atoms. The molecule has 0 aliphatic rings. The average Bonchev–Trinajstić information content (AvgIpc) is 3.38. The third kappa shape index (κ3) is 4.00. The minimum atomic E-state index is -0.250. The van der Waals surface area contributed by atoms with Crippen molar-refractivity contribution in [2.75, 3.05) is 5.73 Å². The number of H-pyrrole nitrogens is 1. The Kier molecular flexibility index (Phi) is 5.05. The van der Waals surface area contributed by atoms with E-state index in [0.717, 1.165) is 11.1 Å². The van der Waals surface area contributed by atoms with Crippen molar-refractivity contribution in [3.8, 4) is 22.6 Å². The zero-order chi connectivity index (χ0) is 20.4. The third-order valence-electron chi connectivity index (χ3n) is 4.48. The molecule has 8 heteroatoms. The van der Waals surface area contributed by atoms with Gasteiger partial charge in [0.2, 0.25) is 5.95 Å². The standard InChI is InChI=1S/C21H18ClN5O2/c1-12-4-5-13(22)9-15(12)19-16(20(28)25-11-14-3-2-8-29-14)10-18(26-19)17-6-7-24-21(23)27-17/h2-10,26H,11H2,1H3,(H,25,28)(H2,23,24,27). The Morgan fingerprint density at radius 3 is 2.90 bits per heavy atom. The summed E-state index contributed by atoms with van der Waals surface area (Å²) in [4.78, 5) is 24.4. The number of nitrogens with zero attached hydrogens (tertiary/aromatic N) is 2. The van der Waals surface area contributed by atoms with Gasteiger partial charge in [0.15, 0.2) is 0 Å². The number of nitrogens with two attached hydrogens (primary N) is 1. The van der Waals surface area contributed by atoms with Crippen LogP contribution in [0.5, 0.6) is 0 Å². The van der Waals surface area contributed by atoms with Gasteiger partial charge in [0.25, 0.3) is 5.91 Å². The molecule has 0 fully saturated rings. The van der Waals surface area contributed by atoms with Crippen LogP contribution >= 0.6 is 11.6 Å². The van der Waals surface area contributed by atoms with Crippen molar-refractivity contribution in [3.05, 3.63) is 76.8 Å². The molecule has 146 valence electrons. The second-order valence-corrected chi connectivity index (χ2v) is 6.93. The molecule has 0 atom stereocenters. The van der Waals surface area contributed by atoms with Crippen LogP contribution in [0.2, 0.25) is 5.02 Å². The quantitative estimate of drug-likeness (QED) is 0.459. The summed E-state index contributed by atoms with van der Waals surface area (Å²) in [5.41, 5.74) is 9.87. The number of halogens is 1. The van der Waals surface area contributed by atoms with Crippen LogP contribution in [0.3, 0.4) is 0 Å². The first kappa shape index (κ1) is 18.8. The number of anilines is 1. The molecule has 0 bridgehead atoms. The van der Waals surface area contributed by atoms with Gasteiger partial charge in [-0.3, -0.25) is 4.79 Å². The molecular weight excluding hydrogens is 390 g/mol. The molecule has 0 radical (unpaired) electrons. The van der Waals surface area contributed by atoms with Crippen molar-refractivity contribution >= 4 is 23.5 Å². The van der Waals surface area contributed by atoms with E-state index in [2.05, 4.69) is 20.3 Å². The highest BCUT2D eigenvalue weighted by Crippen LogP contribution is 2.32. The van der Waals surface area contributed by atoms with Gasteiger partial charge in [0, 0.05) is 16.8 Å². The van der Waals surface area contributed by atoms with Crippen LogP contribution in [0.25, 0.3) is 22.6 Å². The maximum Gasteiger partial charge on any atom is 0.253 e. The summed E-state index contributed by atoms with van der Waals surface area (Å²) in [6.07, 6.45) is 3.13. The van der Waals surface area contributed by atoms with E-state index in [1.54, 1.807) is 36.7 Å². The molecule has 3 heterocycles. The molecule has 0 saturated heterocycles. The van der Waals surface area contributed by atoms with Gasteiger partial charge >= 0.3 is 0 Å². The molecule has 7 nitrogen and oxygen atoms in total. The molecule has 0 aliphatic carbocycles. The summed E-state index contributed by atoms with van der Waals surface area (Å²) >= 11 is 6.21. The van der Waals surface area contributed by atoms with Crippen molar-refractivity contribution in [2.45, 2.75) is 13.5 Å². The van der Waals surface area contributed by atoms with Crippen LogP contribution in [-0.4, -0.2) is 20.9 Å². The van der Waals surface area contributed by atoms with Crippen molar-refractivity contribution in [1.82, 2.24) is 20.3 Å². The summed E-state index contributed by atoms with van der Waals surface area (Å²) < 4.78 is 5.29. The smallest absolute Gasteiger partial charge is 0.253 e. The molecule has 1 aromatic carbocycles. The first-order valence-corrected chi connectivity index (χ1v) is 9.28. The molecule has 0 aliphatic heterocycles. The first-order valence-electron chi connectivity index (χ1n) is 8.90. The Balaban J connectivity index is 1.77. The van der Waals surface area contributed by atoms with Gasteiger partial charge in [-0.15, -0.1) is 0 Å². The van der Waals surface area contributed by atoms with E-state index in [1.165, 1.54) is 0 Å². The van der Waals surface area contributed by atoms with E-state index >= 15 is 0 Å². The number of benzene rings is 1. The number of aryl methyl sites for hydroxylation is 1. The van der Waals surface area contributed by atoms with Gasteiger partial charge in [-0.1, -0.05) is 17.7 Å². The second kappa shape index (κ2) is 7.81. The third-order valence-corrected chi connectivity index (χ3v) is 4.72. The lowest BCUT2D eigenvalue weighted by atomic mass is 10.0. The molecule has 4 rings (SSSR count). The maximum atomic E-state index is 13.0. The lowest BCUT2D eigenvalue weighted by molar-refractivity contribution is 0.0949. The summed E-state index contributed by atoms with van der Waals surface area (Å²) in [6, 6.07) is 12.6. The molecule has 1 amide bonds. The number of carbonyl (C=O) groups is 1. The molecule has 4 aromatic rings. The van der Waals surface area contributed by atoms with E-state index in [9.17, 15) is 4.79 Å². The first-order chi connectivity index (χ1) is 14.0. The highest BCUT2D eigenvalue weighted by Gasteiger charge is 2.20. The number of carbonyl (C=O) groups excluding carboxylic acids is 1. The number of nitrogens with one attached hydrogen (secondary N) is 2. The monoisotopic (exact) mass is 407 g/mol. The largest absolute Gasteiger partial charge is 0.467 e. The van der Waals surface area contributed by atoms with Crippen molar-refractivity contribution in [1.29, 1.82) is 0 Å².